The van der Waals surface area contributed by atoms with Crippen LogP contribution in [0.2, 0.25) is 0 Å². The number of nitrogens with zero attached hydrogens (tertiary/aromatic N) is 1. The molecule has 1 aliphatic heterocycles. The van der Waals surface area contributed by atoms with Crippen LogP contribution >= 0.6 is 12.6 Å². The second-order valence-electron chi connectivity index (χ2n) is 3.16. The Morgan fingerprint density at radius 1 is 1.67 bits per heavy atom. The number of hydrogen-bond donors (Lipinski definition) is 1. The third-order valence-electron chi connectivity index (χ3n) is 1.59. The summed E-state index contributed by atoms with van der Waals surface area (Å²) in [6, 6.07) is 0. The molecule has 0 saturated heterocycles. The molecule has 0 aromatic heterocycles. The van der Waals surface area contributed by atoms with E-state index in [1.807, 2.05) is 20.8 Å². The second-order valence-corrected chi connectivity index (χ2v) is 4.28. The summed E-state index contributed by atoms with van der Waals surface area (Å²) in [7, 11) is 0. The predicted molar refractivity (Wildman–Crippen MR) is 53.5 cm³/mol. The molecule has 1 rings (SSSR count). The van der Waals surface area contributed by atoms with Gasteiger partial charge in [-0.05, 0) is 13.8 Å². The average molecular weight is 183 g/mol. The van der Waals surface area contributed by atoms with Gasteiger partial charge in [0.25, 0.3) is 0 Å². The Hall–Kier alpha value is -0.660. The zero-order valence-electron chi connectivity index (χ0n) is 7.59. The van der Waals surface area contributed by atoms with Crippen LogP contribution in [-0.4, -0.2) is 10.6 Å². The summed E-state index contributed by atoms with van der Waals surface area (Å²) in [6.45, 7) is 6.01. The minimum absolute atomic E-state index is 0.257. The van der Waals surface area contributed by atoms with E-state index in [2.05, 4.69) is 23.5 Å². The first-order chi connectivity index (χ1) is 5.55. The Morgan fingerprint density at radius 3 is 2.75 bits per heavy atom. The lowest BCUT2D eigenvalue weighted by Gasteiger charge is -2.21. The molecule has 1 aliphatic rings. The molecule has 0 bridgehead atoms. The molecule has 0 fully saturated rings. The first kappa shape index (κ1) is 9.43. The van der Waals surface area contributed by atoms with Gasteiger partial charge in [-0.25, -0.2) is 4.99 Å². The van der Waals surface area contributed by atoms with Crippen molar-refractivity contribution in [3.63, 3.8) is 0 Å². The van der Waals surface area contributed by atoms with Crippen molar-refractivity contribution in [1.82, 2.24) is 0 Å². The molecule has 0 atom stereocenters. The maximum Gasteiger partial charge on any atom is 0.152 e. The van der Waals surface area contributed by atoms with Gasteiger partial charge in [0.05, 0.1) is 4.75 Å². The molecule has 0 spiro atoms. The van der Waals surface area contributed by atoms with Crippen LogP contribution in [-0.2, 0) is 4.74 Å². The molecule has 0 aromatic rings. The maximum atomic E-state index is 5.27. The Kier molecular flexibility index (Phi) is 2.65. The third kappa shape index (κ3) is 1.93. The highest BCUT2D eigenvalue weighted by Crippen LogP contribution is 2.29. The predicted octanol–water partition coefficient (Wildman–Crippen LogP) is 2.53. The number of aliphatic imine (C=N–C) groups is 1. The summed E-state index contributed by atoms with van der Waals surface area (Å²) >= 11 is 4.43. The van der Waals surface area contributed by atoms with Gasteiger partial charge in [-0.3, -0.25) is 0 Å². The van der Waals surface area contributed by atoms with E-state index in [0.717, 1.165) is 17.9 Å². The summed E-state index contributed by atoms with van der Waals surface area (Å²) in [5.41, 5.74) is 0.871. The highest BCUT2D eigenvalue weighted by Gasteiger charge is 2.23. The molecular weight excluding hydrogens is 170 g/mol. The molecule has 0 unspecified atom stereocenters. The summed E-state index contributed by atoms with van der Waals surface area (Å²) in [6.07, 6.45) is 2.31. The Labute approximate surface area is 78.4 Å². The molecule has 0 N–H and O–H groups in total. The number of rotatable bonds is 2. The summed E-state index contributed by atoms with van der Waals surface area (Å²) in [5, 5.41) is 0. The third-order valence-corrected chi connectivity index (χ3v) is 1.81. The van der Waals surface area contributed by atoms with Crippen LogP contribution < -0.4 is 0 Å². The van der Waals surface area contributed by atoms with E-state index in [9.17, 15) is 0 Å². The molecule has 0 aliphatic carbocycles. The molecule has 12 heavy (non-hydrogen) atoms. The van der Waals surface area contributed by atoms with Crippen molar-refractivity contribution in [2.24, 2.45) is 4.99 Å². The van der Waals surface area contributed by atoms with Crippen LogP contribution in [0.25, 0.3) is 0 Å². The van der Waals surface area contributed by atoms with Crippen LogP contribution in [0.5, 0.6) is 0 Å². The zero-order valence-corrected chi connectivity index (χ0v) is 8.48. The minimum Gasteiger partial charge on any atom is -0.458 e. The van der Waals surface area contributed by atoms with E-state index in [4.69, 9.17) is 4.74 Å². The summed E-state index contributed by atoms with van der Waals surface area (Å²) in [5.74, 6) is 3.56. The normalized spacial score (nSPS) is 16.7. The van der Waals surface area contributed by atoms with Crippen molar-refractivity contribution in [2.75, 3.05) is 0 Å². The zero-order chi connectivity index (χ0) is 9.19. The Morgan fingerprint density at radius 2 is 2.33 bits per heavy atom. The minimum atomic E-state index is -0.257. The fraction of sp³-hybridized carbons (Fsp3) is 0.556. The van der Waals surface area contributed by atoms with Crippen LogP contribution in [0.4, 0.5) is 0 Å². The monoisotopic (exact) mass is 183 g/mol. The van der Waals surface area contributed by atoms with Gasteiger partial charge in [0.15, 0.2) is 6.26 Å². The van der Waals surface area contributed by atoms with Crippen LogP contribution in [0.15, 0.2) is 22.7 Å². The quantitative estimate of drug-likeness (QED) is 0.653. The SMILES string of the molecule is CCC1=C(C(C)(C)S)N=C=CO1. The van der Waals surface area contributed by atoms with Gasteiger partial charge in [-0.15, -0.1) is 0 Å². The van der Waals surface area contributed by atoms with E-state index >= 15 is 0 Å². The van der Waals surface area contributed by atoms with E-state index in [-0.39, 0.29) is 4.75 Å². The molecule has 66 valence electrons. The Balaban J connectivity index is 3.05. The van der Waals surface area contributed by atoms with Gasteiger partial charge >= 0.3 is 0 Å². The molecule has 2 nitrogen and oxygen atoms in total. The summed E-state index contributed by atoms with van der Waals surface area (Å²) in [4.78, 5) is 4.13. The maximum absolute atomic E-state index is 5.27. The van der Waals surface area contributed by atoms with Crippen molar-refractivity contribution in [1.29, 1.82) is 0 Å². The van der Waals surface area contributed by atoms with Crippen molar-refractivity contribution in [3.05, 3.63) is 17.7 Å². The van der Waals surface area contributed by atoms with Crippen molar-refractivity contribution < 1.29 is 4.74 Å². The van der Waals surface area contributed by atoms with E-state index in [1.54, 1.807) is 0 Å². The molecule has 0 radical (unpaired) electrons. The average Bonchev–Trinajstić information content (AvgIpc) is 2.03. The number of thiol groups is 1. The van der Waals surface area contributed by atoms with Gasteiger partial charge in [-0.2, -0.15) is 12.6 Å². The van der Waals surface area contributed by atoms with E-state index < -0.39 is 0 Å². The molecule has 0 saturated carbocycles. The topological polar surface area (TPSA) is 21.6 Å². The highest BCUT2D eigenvalue weighted by atomic mass is 32.1. The number of hydrogen-bond acceptors (Lipinski definition) is 3. The van der Waals surface area contributed by atoms with Crippen molar-refractivity contribution in [2.45, 2.75) is 31.9 Å². The molecule has 0 amide bonds. The van der Waals surface area contributed by atoms with Gasteiger partial charge in [0.1, 0.15) is 11.5 Å². The van der Waals surface area contributed by atoms with E-state index in [0.29, 0.717) is 0 Å². The Bertz CT molecular complexity index is 267. The standard InChI is InChI=1S/C9H13NOS/c1-4-7-8(9(2,3)12)10-5-6-11-7/h6,12H,4H2,1-3H3. The smallest absolute Gasteiger partial charge is 0.152 e. The lowest BCUT2D eigenvalue weighted by Crippen LogP contribution is -2.16. The first-order valence-electron chi connectivity index (χ1n) is 3.96. The lowest BCUT2D eigenvalue weighted by atomic mass is 10.1. The molecule has 1 heterocycles. The lowest BCUT2D eigenvalue weighted by molar-refractivity contribution is 0.328. The van der Waals surface area contributed by atoms with Crippen LogP contribution in [0.1, 0.15) is 27.2 Å². The summed E-state index contributed by atoms with van der Waals surface area (Å²) < 4.78 is 5.01. The van der Waals surface area contributed by atoms with Gasteiger partial charge in [0, 0.05) is 12.3 Å². The largest absolute Gasteiger partial charge is 0.458 e. The number of allylic oxidation sites excluding steroid dienone is 1. The van der Waals surface area contributed by atoms with E-state index in [1.165, 1.54) is 6.26 Å². The van der Waals surface area contributed by atoms with Crippen LogP contribution in [0.3, 0.4) is 0 Å². The highest BCUT2D eigenvalue weighted by molar-refractivity contribution is 7.82. The molecule has 0 aromatic carbocycles. The first-order valence-corrected chi connectivity index (χ1v) is 4.41. The van der Waals surface area contributed by atoms with Gasteiger partial charge in [0.2, 0.25) is 0 Å². The second kappa shape index (κ2) is 3.38. The molecular formula is C9H13NOS. The fourth-order valence-corrected chi connectivity index (χ4v) is 1.21. The van der Waals surface area contributed by atoms with Crippen molar-refractivity contribution >= 4 is 18.5 Å². The van der Waals surface area contributed by atoms with Gasteiger partial charge in [-0.1, -0.05) is 6.92 Å². The van der Waals surface area contributed by atoms with Crippen LogP contribution in [0, 0.1) is 0 Å². The van der Waals surface area contributed by atoms with Gasteiger partial charge < -0.3 is 4.74 Å². The fourth-order valence-electron chi connectivity index (χ4n) is 1.04. The number of ether oxygens (including phenoxy) is 1. The van der Waals surface area contributed by atoms with Crippen molar-refractivity contribution in [3.8, 4) is 0 Å². The molecule has 3 heteroatoms.